The number of rotatable bonds is 6. The molecule has 5 heteroatoms. The van der Waals surface area contributed by atoms with Crippen LogP contribution in [0.25, 0.3) is 22.6 Å². The Kier molecular flexibility index (Phi) is 5.53. The fourth-order valence-electron chi connectivity index (χ4n) is 3.30. The van der Waals surface area contributed by atoms with Crippen molar-refractivity contribution in [2.45, 2.75) is 27.2 Å². The summed E-state index contributed by atoms with van der Waals surface area (Å²) in [5.41, 5.74) is 5.89. The number of hydrogen-bond donors (Lipinski definition) is 1. The quantitative estimate of drug-likeness (QED) is 0.421. The molecule has 0 aliphatic carbocycles. The molecule has 0 saturated heterocycles. The molecule has 0 unspecified atom stereocenters. The lowest BCUT2D eigenvalue weighted by Gasteiger charge is -2.07. The first-order valence-electron chi connectivity index (χ1n) is 10.1. The molecule has 1 N–H and O–H groups in total. The summed E-state index contributed by atoms with van der Waals surface area (Å²) < 4.78 is 11.5. The number of anilines is 1. The van der Waals surface area contributed by atoms with Gasteiger partial charge in [-0.25, -0.2) is 4.98 Å². The molecule has 1 amide bonds. The van der Waals surface area contributed by atoms with Gasteiger partial charge >= 0.3 is 0 Å². The number of carbonyl (C=O) groups excluding carboxylic acids is 1. The second-order valence-corrected chi connectivity index (χ2v) is 7.35. The molecule has 0 spiro atoms. The molecule has 0 bridgehead atoms. The van der Waals surface area contributed by atoms with Crippen LogP contribution >= 0.6 is 0 Å². The van der Waals surface area contributed by atoms with E-state index in [-0.39, 0.29) is 5.91 Å². The summed E-state index contributed by atoms with van der Waals surface area (Å²) in [5, 5.41) is 2.92. The minimum atomic E-state index is -0.186. The van der Waals surface area contributed by atoms with Crippen molar-refractivity contribution in [2.75, 3.05) is 11.9 Å². The second kappa shape index (κ2) is 8.41. The molecular formula is C25H24N2O3. The Hall–Kier alpha value is -3.60. The monoisotopic (exact) mass is 400 g/mol. The Balaban J connectivity index is 1.53. The van der Waals surface area contributed by atoms with E-state index in [9.17, 15) is 4.79 Å². The van der Waals surface area contributed by atoms with E-state index in [1.807, 2.05) is 49.4 Å². The molecule has 0 aliphatic rings. The summed E-state index contributed by atoms with van der Waals surface area (Å²) in [6, 6.07) is 18.8. The zero-order valence-corrected chi connectivity index (χ0v) is 17.4. The smallest absolute Gasteiger partial charge is 0.255 e. The summed E-state index contributed by atoms with van der Waals surface area (Å²) in [6.07, 6.45) is 0.942. The van der Waals surface area contributed by atoms with Gasteiger partial charge in [0.2, 0.25) is 5.89 Å². The number of hydrogen-bond acceptors (Lipinski definition) is 4. The predicted octanol–water partition coefficient (Wildman–Crippen LogP) is 6.15. The van der Waals surface area contributed by atoms with E-state index in [0.717, 1.165) is 23.3 Å². The Morgan fingerprint density at radius 2 is 1.83 bits per heavy atom. The molecule has 3 aromatic carbocycles. The fraction of sp³-hybridized carbons (Fsp3) is 0.200. The predicted molar refractivity (Wildman–Crippen MR) is 119 cm³/mol. The Morgan fingerprint density at radius 3 is 2.57 bits per heavy atom. The number of oxazole rings is 1. The Bertz CT molecular complexity index is 1190. The summed E-state index contributed by atoms with van der Waals surface area (Å²) in [6.45, 7) is 6.82. The average molecular weight is 400 g/mol. The number of ether oxygens (including phenoxy) is 1. The van der Waals surface area contributed by atoms with Crippen LogP contribution in [-0.2, 0) is 0 Å². The third-order valence-electron chi connectivity index (χ3n) is 4.85. The minimum Gasteiger partial charge on any atom is -0.494 e. The van der Waals surface area contributed by atoms with Crippen molar-refractivity contribution in [1.29, 1.82) is 0 Å². The van der Waals surface area contributed by atoms with Crippen molar-refractivity contribution >= 4 is 22.7 Å². The SMILES string of the molecule is CCCOc1ccc(C(=O)Nc2ccc3oc(-c4ccc(C)cc4C)nc3c2)cc1. The maximum Gasteiger partial charge on any atom is 0.255 e. The fourth-order valence-corrected chi connectivity index (χ4v) is 3.30. The molecule has 1 aromatic heterocycles. The van der Waals surface area contributed by atoms with Crippen molar-refractivity contribution in [3.8, 4) is 17.2 Å². The Labute approximate surface area is 175 Å². The maximum atomic E-state index is 12.6. The van der Waals surface area contributed by atoms with Gasteiger partial charge in [0, 0.05) is 16.8 Å². The van der Waals surface area contributed by atoms with Gasteiger partial charge in [-0.05, 0) is 74.4 Å². The zero-order valence-electron chi connectivity index (χ0n) is 17.4. The third-order valence-corrected chi connectivity index (χ3v) is 4.85. The molecule has 0 radical (unpaired) electrons. The van der Waals surface area contributed by atoms with Crippen molar-refractivity contribution in [2.24, 2.45) is 0 Å². The molecule has 0 aliphatic heterocycles. The van der Waals surface area contributed by atoms with Crippen molar-refractivity contribution < 1.29 is 13.9 Å². The lowest BCUT2D eigenvalue weighted by molar-refractivity contribution is 0.102. The molecule has 0 fully saturated rings. The van der Waals surface area contributed by atoms with Gasteiger partial charge in [0.15, 0.2) is 5.58 Å². The molecule has 4 rings (SSSR count). The number of nitrogens with zero attached hydrogens (tertiary/aromatic N) is 1. The number of nitrogens with one attached hydrogen (secondary N) is 1. The van der Waals surface area contributed by atoms with Crippen LogP contribution in [-0.4, -0.2) is 17.5 Å². The first kappa shape index (κ1) is 19.7. The molecule has 30 heavy (non-hydrogen) atoms. The third kappa shape index (κ3) is 4.20. The molecule has 0 saturated carbocycles. The lowest BCUT2D eigenvalue weighted by atomic mass is 10.1. The van der Waals surface area contributed by atoms with Gasteiger partial charge in [-0.2, -0.15) is 0 Å². The van der Waals surface area contributed by atoms with Crippen LogP contribution in [0.2, 0.25) is 0 Å². The van der Waals surface area contributed by atoms with E-state index in [2.05, 4.69) is 30.2 Å². The van der Waals surface area contributed by atoms with E-state index in [4.69, 9.17) is 9.15 Å². The van der Waals surface area contributed by atoms with Gasteiger partial charge in [-0.15, -0.1) is 0 Å². The van der Waals surface area contributed by atoms with Crippen LogP contribution in [0.4, 0.5) is 5.69 Å². The number of aromatic nitrogens is 1. The highest BCUT2D eigenvalue weighted by atomic mass is 16.5. The molecular weight excluding hydrogens is 376 g/mol. The number of benzene rings is 3. The van der Waals surface area contributed by atoms with Gasteiger partial charge in [0.1, 0.15) is 11.3 Å². The van der Waals surface area contributed by atoms with E-state index >= 15 is 0 Å². The molecule has 152 valence electrons. The average Bonchev–Trinajstić information content (AvgIpc) is 3.15. The molecule has 5 nitrogen and oxygen atoms in total. The van der Waals surface area contributed by atoms with Crippen molar-refractivity contribution in [1.82, 2.24) is 4.98 Å². The number of aryl methyl sites for hydroxylation is 2. The molecule has 1 heterocycles. The summed E-state index contributed by atoms with van der Waals surface area (Å²) in [5.74, 6) is 1.15. The summed E-state index contributed by atoms with van der Waals surface area (Å²) in [4.78, 5) is 17.2. The minimum absolute atomic E-state index is 0.186. The molecule has 0 atom stereocenters. The van der Waals surface area contributed by atoms with Crippen LogP contribution in [0.5, 0.6) is 5.75 Å². The highest BCUT2D eigenvalue weighted by Gasteiger charge is 2.12. The lowest BCUT2D eigenvalue weighted by Crippen LogP contribution is -2.11. The van der Waals surface area contributed by atoms with Gasteiger partial charge in [-0.1, -0.05) is 24.6 Å². The number of carbonyl (C=O) groups is 1. The first-order chi connectivity index (χ1) is 14.5. The highest BCUT2D eigenvalue weighted by Crippen LogP contribution is 2.29. The van der Waals surface area contributed by atoms with E-state index in [0.29, 0.717) is 34.8 Å². The largest absolute Gasteiger partial charge is 0.494 e. The number of amides is 1. The van der Waals surface area contributed by atoms with Gasteiger partial charge in [-0.3, -0.25) is 4.79 Å². The topological polar surface area (TPSA) is 64.4 Å². The summed E-state index contributed by atoms with van der Waals surface area (Å²) in [7, 11) is 0. The van der Waals surface area contributed by atoms with E-state index < -0.39 is 0 Å². The molecule has 4 aromatic rings. The maximum absolute atomic E-state index is 12.6. The van der Waals surface area contributed by atoms with Crippen LogP contribution < -0.4 is 10.1 Å². The number of fused-ring (bicyclic) bond motifs is 1. The normalized spacial score (nSPS) is 10.9. The zero-order chi connectivity index (χ0) is 21.1. The van der Waals surface area contributed by atoms with Crippen molar-refractivity contribution in [3.05, 3.63) is 77.4 Å². The Morgan fingerprint density at radius 1 is 1.03 bits per heavy atom. The van der Waals surface area contributed by atoms with Crippen molar-refractivity contribution in [3.63, 3.8) is 0 Å². The van der Waals surface area contributed by atoms with E-state index in [1.54, 1.807) is 12.1 Å². The standard InChI is InChI=1S/C25H24N2O3/c1-4-13-29-20-9-6-18(7-10-20)24(28)26-19-8-12-23-22(15-19)27-25(30-23)21-11-5-16(2)14-17(21)3/h5-12,14-15H,4,13H2,1-3H3,(H,26,28). The van der Waals surface area contributed by atoms with Crippen LogP contribution in [0.1, 0.15) is 34.8 Å². The summed E-state index contributed by atoms with van der Waals surface area (Å²) >= 11 is 0. The van der Waals surface area contributed by atoms with Crippen LogP contribution in [0.3, 0.4) is 0 Å². The van der Waals surface area contributed by atoms with Gasteiger partial charge in [0.25, 0.3) is 5.91 Å². The van der Waals surface area contributed by atoms with Crippen LogP contribution in [0.15, 0.2) is 65.1 Å². The first-order valence-corrected chi connectivity index (χ1v) is 10.1. The highest BCUT2D eigenvalue weighted by molar-refractivity contribution is 6.05. The van der Waals surface area contributed by atoms with Crippen LogP contribution in [0, 0.1) is 13.8 Å². The van der Waals surface area contributed by atoms with Gasteiger partial charge in [0.05, 0.1) is 6.61 Å². The second-order valence-electron chi connectivity index (χ2n) is 7.35. The van der Waals surface area contributed by atoms with E-state index in [1.165, 1.54) is 5.56 Å². The van der Waals surface area contributed by atoms with Gasteiger partial charge < -0.3 is 14.5 Å².